The standard InChI is InChI=1S/C30H36F3N5O8S2/c1-47-21-5-7-22(8-6-21)48(45,46)17-18-2-4-20(39)15-25(18)35-26(40)16-34-27(41)23-14-19(30(31,32)33)3-9-24(23)36-28(42)37-10-12-38(13-11-37)29(43)44/h3,5-9,14,18,20,25,39H,2,4,10-13,15-17H2,1H3,(H,34,41)(H,35,40)(H,36,42)(H,43,44). The number of alkyl halides is 3. The van der Waals surface area contributed by atoms with Gasteiger partial charge in [0.15, 0.2) is 9.84 Å². The van der Waals surface area contributed by atoms with Crippen molar-refractivity contribution in [1.82, 2.24) is 20.4 Å². The summed E-state index contributed by atoms with van der Waals surface area (Å²) in [6.45, 7) is -0.615. The lowest BCUT2D eigenvalue weighted by Gasteiger charge is -2.34. The number of hydrogen-bond donors (Lipinski definition) is 5. The molecule has 1 heterocycles. The Kier molecular flexibility index (Phi) is 11.9. The van der Waals surface area contributed by atoms with E-state index in [2.05, 4.69) is 16.0 Å². The number of urea groups is 1. The molecule has 0 bridgehead atoms. The van der Waals surface area contributed by atoms with Gasteiger partial charge in [-0.1, -0.05) is 0 Å². The minimum absolute atomic E-state index is 0.0168. The van der Waals surface area contributed by atoms with Crippen molar-refractivity contribution in [2.45, 2.75) is 47.4 Å². The van der Waals surface area contributed by atoms with E-state index in [0.29, 0.717) is 25.0 Å². The number of nitrogens with one attached hydrogen (secondary N) is 3. The normalized spacial score (nSPS) is 20.1. The van der Waals surface area contributed by atoms with Gasteiger partial charge in [0.05, 0.1) is 40.1 Å². The Labute approximate surface area is 279 Å². The zero-order chi connectivity index (χ0) is 35.2. The molecule has 2 aromatic carbocycles. The summed E-state index contributed by atoms with van der Waals surface area (Å²) in [6.07, 6.45) is -4.22. The smallest absolute Gasteiger partial charge is 0.416 e. The zero-order valence-corrected chi connectivity index (χ0v) is 27.5. The second kappa shape index (κ2) is 15.5. The number of benzene rings is 2. The lowest BCUT2D eigenvalue weighted by Crippen LogP contribution is -2.51. The van der Waals surface area contributed by atoms with E-state index < -0.39 is 75.7 Å². The van der Waals surface area contributed by atoms with Crippen LogP contribution < -0.4 is 16.0 Å². The number of aliphatic hydroxyl groups excluding tert-OH is 1. The second-order valence-electron chi connectivity index (χ2n) is 11.5. The molecule has 262 valence electrons. The van der Waals surface area contributed by atoms with Crippen molar-refractivity contribution in [1.29, 1.82) is 0 Å². The summed E-state index contributed by atoms with van der Waals surface area (Å²) >= 11 is 1.46. The van der Waals surface area contributed by atoms with Crippen LogP contribution in [0.2, 0.25) is 0 Å². The second-order valence-corrected chi connectivity index (χ2v) is 14.4. The number of anilines is 1. The van der Waals surface area contributed by atoms with Gasteiger partial charge in [-0.2, -0.15) is 13.2 Å². The van der Waals surface area contributed by atoms with Crippen molar-refractivity contribution >= 4 is 51.2 Å². The summed E-state index contributed by atoms with van der Waals surface area (Å²) in [6, 6.07) is 6.99. The molecule has 1 aliphatic heterocycles. The van der Waals surface area contributed by atoms with E-state index in [1.165, 1.54) is 28.8 Å². The van der Waals surface area contributed by atoms with Gasteiger partial charge in [0, 0.05) is 37.1 Å². The highest BCUT2D eigenvalue weighted by atomic mass is 32.2. The first-order valence-corrected chi connectivity index (χ1v) is 17.8. The summed E-state index contributed by atoms with van der Waals surface area (Å²) < 4.78 is 66.9. The third-order valence-electron chi connectivity index (χ3n) is 8.24. The van der Waals surface area contributed by atoms with Gasteiger partial charge in [0.25, 0.3) is 5.91 Å². The van der Waals surface area contributed by atoms with E-state index in [9.17, 15) is 45.9 Å². The molecule has 1 aliphatic carbocycles. The molecular formula is C30H36F3N5O8S2. The predicted molar refractivity (Wildman–Crippen MR) is 170 cm³/mol. The number of aliphatic hydroxyl groups is 1. The number of carbonyl (C=O) groups is 4. The fraction of sp³-hybridized carbons (Fsp3) is 0.467. The number of nitrogens with zero attached hydrogens (tertiary/aromatic N) is 2. The molecule has 1 saturated carbocycles. The maximum Gasteiger partial charge on any atom is 0.416 e. The maximum absolute atomic E-state index is 13.5. The molecule has 5 amide bonds. The van der Waals surface area contributed by atoms with Gasteiger partial charge in [-0.25, -0.2) is 18.0 Å². The van der Waals surface area contributed by atoms with Gasteiger partial charge >= 0.3 is 18.3 Å². The highest BCUT2D eigenvalue weighted by Crippen LogP contribution is 2.32. The van der Waals surface area contributed by atoms with E-state index in [0.717, 1.165) is 15.9 Å². The van der Waals surface area contributed by atoms with E-state index >= 15 is 0 Å². The number of rotatable bonds is 9. The number of thioether (sulfide) groups is 1. The van der Waals surface area contributed by atoms with Gasteiger partial charge in [-0.3, -0.25) is 9.59 Å². The van der Waals surface area contributed by atoms with Crippen molar-refractivity contribution in [3.63, 3.8) is 0 Å². The molecule has 2 aliphatic rings. The molecule has 3 unspecified atom stereocenters. The number of halogens is 3. The number of sulfone groups is 1. The Morgan fingerprint density at radius 3 is 2.23 bits per heavy atom. The molecule has 0 spiro atoms. The molecule has 1 saturated heterocycles. The molecule has 5 N–H and O–H groups in total. The van der Waals surface area contributed by atoms with Gasteiger partial charge < -0.3 is 36.0 Å². The third-order valence-corrected chi connectivity index (χ3v) is 10.8. The summed E-state index contributed by atoms with van der Waals surface area (Å²) in [5.41, 5.74) is -2.01. The molecule has 2 fully saturated rings. The van der Waals surface area contributed by atoms with Crippen molar-refractivity contribution in [2.75, 3.05) is 50.0 Å². The molecule has 2 aromatic rings. The van der Waals surface area contributed by atoms with Gasteiger partial charge in [-0.15, -0.1) is 11.8 Å². The Morgan fingerprint density at radius 1 is 0.979 bits per heavy atom. The van der Waals surface area contributed by atoms with Crippen molar-refractivity contribution < 1.29 is 51.0 Å². The maximum atomic E-state index is 13.5. The lowest BCUT2D eigenvalue weighted by atomic mass is 9.84. The summed E-state index contributed by atoms with van der Waals surface area (Å²) in [5, 5.41) is 26.6. The highest BCUT2D eigenvalue weighted by molar-refractivity contribution is 7.98. The number of carbonyl (C=O) groups excluding carboxylic acids is 3. The Hall–Kier alpha value is -4.03. The minimum Gasteiger partial charge on any atom is -0.465 e. The number of piperazine rings is 1. The Morgan fingerprint density at radius 2 is 1.62 bits per heavy atom. The largest absolute Gasteiger partial charge is 0.465 e. The third kappa shape index (κ3) is 9.53. The Balaban J connectivity index is 1.42. The highest BCUT2D eigenvalue weighted by Gasteiger charge is 2.35. The average molecular weight is 716 g/mol. The first kappa shape index (κ1) is 36.8. The number of amides is 5. The van der Waals surface area contributed by atoms with E-state index in [1.54, 1.807) is 12.1 Å². The first-order chi connectivity index (χ1) is 22.6. The summed E-state index contributed by atoms with van der Waals surface area (Å²) in [4.78, 5) is 53.4. The number of hydrogen-bond acceptors (Lipinski definition) is 8. The average Bonchev–Trinajstić information content (AvgIpc) is 3.04. The SMILES string of the molecule is CSc1ccc(S(=O)(=O)CC2CCC(O)CC2NC(=O)CNC(=O)c2cc(C(F)(F)F)ccc2NC(=O)N2CCN(C(=O)O)CC2)cc1. The summed E-state index contributed by atoms with van der Waals surface area (Å²) in [7, 11) is -3.75. The van der Waals surface area contributed by atoms with Crippen LogP contribution in [0.3, 0.4) is 0 Å². The first-order valence-electron chi connectivity index (χ1n) is 14.9. The molecule has 4 rings (SSSR count). The topological polar surface area (TPSA) is 185 Å². The van der Waals surface area contributed by atoms with Crippen LogP contribution >= 0.6 is 11.8 Å². The van der Waals surface area contributed by atoms with Crippen LogP contribution in [0.5, 0.6) is 0 Å². The molecular weight excluding hydrogens is 679 g/mol. The van der Waals surface area contributed by atoms with Gasteiger partial charge in [0.2, 0.25) is 5.91 Å². The van der Waals surface area contributed by atoms with Crippen LogP contribution in [0.4, 0.5) is 28.4 Å². The van der Waals surface area contributed by atoms with Crippen LogP contribution in [0.25, 0.3) is 0 Å². The molecule has 3 atom stereocenters. The minimum atomic E-state index is -4.82. The van der Waals surface area contributed by atoms with Crippen LogP contribution in [-0.4, -0.2) is 109 Å². The van der Waals surface area contributed by atoms with Crippen molar-refractivity contribution in [2.24, 2.45) is 5.92 Å². The van der Waals surface area contributed by atoms with E-state index in [1.807, 2.05) is 6.26 Å². The van der Waals surface area contributed by atoms with Crippen molar-refractivity contribution in [3.05, 3.63) is 53.6 Å². The van der Waals surface area contributed by atoms with E-state index in [-0.39, 0.29) is 48.9 Å². The monoisotopic (exact) mass is 715 g/mol. The van der Waals surface area contributed by atoms with Crippen LogP contribution in [-0.2, 0) is 20.8 Å². The van der Waals surface area contributed by atoms with Crippen molar-refractivity contribution in [3.8, 4) is 0 Å². The van der Waals surface area contributed by atoms with Crippen LogP contribution in [0.15, 0.2) is 52.3 Å². The summed E-state index contributed by atoms with van der Waals surface area (Å²) in [5.74, 6) is -2.71. The van der Waals surface area contributed by atoms with Gasteiger partial charge in [0.1, 0.15) is 0 Å². The van der Waals surface area contributed by atoms with Crippen LogP contribution in [0.1, 0.15) is 35.2 Å². The van der Waals surface area contributed by atoms with E-state index in [4.69, 9.17) is 5.11 Å². The Bertz CT molecular complexity index is 1620. The lowest BCUT2D eigenvalue weighted by molar-refractivity contribution is -0.137. The zero-order valence-electron chi connectivity index (χ0n) is 25.8. The van der Waals surface area contributed by atoms with Gasteiger partial charge in [-0.05, 0) is 73.9 Å². The number of carboxylic acid groups (broad SMARTS) is 1. The molecule has 18 heteroatoms. The predicted octanol–water partition coefficient (Wildman–Crippen LogP) is 3.10. The quantitative estimate of drug-likeness (QED) is 0.244. The molecule has 13 nitrogen and oxygen atoms in total. The molecule has 0 radical (unpaired) electrons. The fourth-order valence-corrected chi connectivity index (χ4v) is 7.69. The van der Waals surface area contributed by atoms with Crippen LogP contribution in [0, 0.1) is 5.92 Å². The molecule has 48 heavy (non-hydrogen) atoms. The fourth-order valence-electron chi connectivity index (χ4n) is 5.57. The molecule has 0 aromatic heterocycles.